The largest absolute Gasteiger partial charge is 0.421 e. The minimum Gasteiger partial charge on any atom is -0.394 e. The van der Waals surface area contributed by atoms with Crippen LogP contribution in [-0.4, -0.2) is 40.3 Å². The molecular formula is C25H29F3O4. The summed E-state index contributed by atoms with van der Waals surface area (Å²) < 4.78 is 45.3. The Morgan fingerprint density at radius 1 is 1.03 bits per heavy atom. The van der Waals surface area contributed by atoms with Crippen molar-refractivity contribution in [2.45, 2.75) is 75.0 Å². The third kappa shape index (κ3) is 4.86. The maximum atomic E-state index is 13.1. The SMILES string of the molecule is CC(O)(c1ccc(Cc2cc([C@H]3C[C@@H](O)C[C@@H](CO)O3)ccc2C2CC2)cc1)C(F)(F)F. The highest BCUT2D eigenvalue weighted by molar-refractivity contribution is 5.41. The molecule has 2 fully saturated rings. The van der Waals surface area contributed by atoms with Crippen LogP contribution in [-0.2, 0) is 16.8 Å². The van der Waals surface area contributed by atoms with E-state index in [2.05, 4.69) is 12.1 Å². The van der Waals surface area contributed by atoms with Gasteiger partial charge in [0.25, 0.3) is 0 Å². The Balaban J connectivity index is 1.58. The van der Waals surface area contributed by atoms with Crippen molar-refractivity contribution in [1.82, 2.24) is 0 Å². The van der Waals surface area contributed by atoms with Crippen LogP contribution in [0.4, 0.5) is 13.2 Å². The van der Waals surface area contributed by atoms with E-state index in [1.165, 1.54) is 17.7 Å². The fraction of sp³-hybridized carbons (Fsp3) is 0.520. The summed E-state index contributed by atoms with van der Waals surface area (Å²) in [5.74, 6) is 0.493. The van der Waals surface area contributed by atoms with Crippen molar-refractivity contribution in [3.63, 3.8) is 0 Å². The minimum atomic E-state index is -4.75. The van der Waals surface area contributed by atoms with Crippen molar-refractivity contribution in [3.05, 3.63) is 70.3 Å². The first-order chi connectivity index (χ1) is 15.1. The van der Waals surface area contributed by atoms with Gasteiger partial charge in [-0.3, -0.25) is 0 Å². The molecule has 2 aromatic carbocycles. The van der Waals surface area contributed by atoms with Crippen LogP contribution >= 0.6 is 0 Å². The van der Waals surface area contributed by atoms with E-state index in [0.29, 0.717) is 25.2 Å². The first-order valence-electron chi connectivity index (χ1n) is 11.0. The number of aliphatic hydroxyl groups excluding tert-OH is 2. The number of hydrogen-bond acceptors (Lipinski definition) is 4. The molecule has 0 spiro atoms. The molecule has 0 bridgehead atoms. The molecule has 1 heterocycles. The summed E-state index contributed by atoms with van der Waals surface area (Å²) in [5, 5.41) is 29.5. The highest BCUT2D eigenvalue weighted by Gasteiger charge is 2.51. The standard InChI is InChI=1S/C25H29F3O4/c1-24(31,25(26,27)28)19-7-2-15(3-8-19)10-18-11-17(6-9-22(18)16-4-5-16)23-13-20(30)12-21(14-29)32-23/h2-3,6-9,11,16,20-21,23,29-31H,4-5,10,12-14H2,1H3/t20-,21-,23+,24?/m0/s1. The van der Waals surface area contributed by atoms with Gasteiger partial charge < -0.3 is 20.1 Å². The van der Waals surface area contributed by atoms with Crippen molar-refractivity contribution in [1.29, 1.82) is 0 Å². The molecule has 1 aliphatic carbocycles. The van der Waals surface area contributed by atoms with Crippen molar-refractivity contribution in [2.75, 3.05) is 6.61 Å². The highest BCUT2D eigenvalue weighted by atomic mass is 19.4. The number of ether oxygens (including phenoxy) is 1. The molecule has 1 aliphatic heterocycles. The molecule has 1 saturated carbocycles. The molecule has 4 nitrogen and oxygen atoms in total. The van der Waals surface area contributed by atoms with Gasteiger partial charge in [-0.1, -0.05) is 42.5 Å². The smallest absolute Gasteiger partial charge is 0.394 e. The molecule has 2 aliphatic rings. The Labute approximate surface area is 185 Å². The lowest BCUT2D eigenvalue weighted by molar-refractivity contribution is -0.258. The Kier molecular flexibility index (Phi) is 6.38. The fourth-order valence-corrected chi connectivity index (χ4v) is 4.42. The lowest BCUT2D eigenvalue weighted by Gasteiger charge is -2.33. The van der Waals surface area contributed by atoms with Crippen molar-refractivity contribution >= 4 is 0 Å². The molecule has 32 heavy (non-hydrogen) atoms. The zero-order valence-electron chi connectivity index (χ0n) is 18.0. The fourth-order valence-electron chi connectivity index (χ4n) is 4.42. The van der Waals surface area contributed by atoms with E-state index >= 15 is 0 Å². The quantitative estimate of drug-likeness (QED) is 0.606. The third-order valence-electron chi connectivity index (χ3n) is 6.60. The van der Waals surface area contributed by atoms with Crippen LogP contribution in [0.1, 0.15) is 72.4 Å². The normalized spacial score (nSPS) is 26.0. The molecular weight excluding hydrogens is 421 g/mol. The molecule has 4 atom stereocenters. The maximum absolute atomic E-state index is 13.1. The van der Waals surface area contributed by atoms with Gasteiger partial charge in [0.1, 0.15) is 0 Å². The molecule has 3 N–H and O–H groups in total. The third-order valence-corrected chi connectivity index (χ3v) is 6.60. The maximum Gasteiger partial charge on any atom is 0.421 e. The number of benzene rings is 2. The van der Waals surface area contributed by atoms with Gasteiger partial charge in [0.2, 0.25) is 0 Å². The van der Waals surface area contributed by atoms with E-state index in [4.69, 9.17) is 4.74 Å². The van der Waals surface area contributed by atoms with Crippen molar-refractivity contribution in [3.8, 4) is 0 Å². The number of rotatable bonds is 6. The Morgan fingerprint density at radius 2 is 1.72 bits per heavy atom. The van der Waals surface area contributed by atoms with E-state index in [1.54, 1.807) is 12.1 Å². The van der Waals surface area contributed by atoms with Gasteiger partial charge in [-0.15, -0.1) is 0 Å². The lowest BCUT2D eigenvalue weighted by Crippen LogP contribution is -2.39. The van der Waals surface area contributed by atoms with Gasteiger partial charge >= 0.3 is 6.18 Å². The van der Waals surface area contributed by atoms with Crippen LogP contribution in [0.3, 0.4) is 0 Å². The first kappa shape index (κ1) is 23.2. The number of alkyl halides is 3. The lowest BCUT2D eigenvalue weighted by atomic mass is 9.89. The summed E-state index contributed by atoms with van der Waals surface area (Å²) in [6.07, 6.45) is -2.35. The van der Waals surface area contributed by atoms with Gasteiger partial charge in [0, 0.05) is 12.8 Å². The summed E-state index contributed by atoms with van der Waals surface area (Å²) in [7, 11) is 0. The van der Waals surface area contributed by atoms with Gasteiger partial charge in [0.15, 0.2) is 5.60 Å². The van der Waals surface area contributed by atoms with Gasteiger partial charge in [-0.25, -0.2) is 0 Å². The first-order valence-corrected chi connectivity index (χ1v) is 11.0. The van der Waals surface area contributed by atoms with Crippen molar-refractivity contribution < 1.29 is 33.2 Å². The van der Waals surface area contributed by atoms with Crippen LogP contribution in [0.15, 0.2) is 42.5 Å². The zero-order chi connectivity index (χ0) is 23.1. The molecule has 1 unspecified atom stereocenters. The van der Waals surface area contributed by atoms with E-state index in [1.807, 2.05) is 6.07 Å². The van der Waals surface area contributed by atoms with E-state index in [-0.39, 0.29) is 18.3 Å². The summed E-state index contributed by atoms with van der Waals surface area (Å²) in [6.45, 7) is 0.615. The van der Waals surface area contributed by atoms with Crippen molar-refractivity contribution in [2.24, 2.45) is 0 Å². The van der Waals surface area contributed by atoms with Crippen LogP contribution < -0.4 is 0 Å². The minimum absolute atomic E-state index is 0.144. The second kappa shape index (κ2) is 8.78. The Bertz CT molecular complexity index is 935. The average molecular weight is 450 g/mol. The second-order valence-electron chi connectivity index (χ2n) is 9.23. The van der Waals surface area contributed by atoms with Gasteiger partial charge in [0.05, 0.1) is 24.9 Å². The van der Waals surface area contributed by atoms with E-state index < -0.39 is 24.0 Å². The second-order valence-corrected chi connectivity index (χ2v) is 9.23. The topological polar surface area (TPSA) is 69.9 Å². The molecule has 4 rings (SSSR count). The van der Waals surface area contributed by atoms with E-state index in [0.717, 1.165) is 36.5 Å². The van der Waals surface area contributed by atoms with Crippen LogP contribution in [0, 0.1) is 0 Å². The summed E-state index contributed by atoms with van der Waals surface area (Å²) in [5.41, 5.74) is 1.01. The summed E-state index contributed by atoms with van der Waals surface area (Å²) in [6, 6.07) is 12.1. The van der Waals surface area contributed by atoms with Gasteiger partial charge in [-0.2, -0.15) is 13.2 Å². The number of hydrogen-bond donors (Lipinski definition) is 3. The molecule has 7 heteroatoms. The Hall–Kier alpha value is -1.93. The molecule has 2 aromatic rings. The predicted octanol–water partition coefficient (Wildman–Crippen LogP) is 4.50. The molecule has 174 valence electrons. The van der Waals surface area contributed by atoms with Crippen LogP contribution in [0.5, 0.6) is 0 Å². The molecule has 0 aromatic heterocycles. The van der Waals surface area contributed by atoms with E-state index in [9.17, 15) is 28.5 Å². The average Bonchev–Trinajstić information content (AvgIpc) is 3.58. The Morgan fingerprint density at radius 3 is 2.31 bits per heavy atom. The highest BCUT2D eigenvalue weighted by Crippen LogP contribution is 2.44. The summed E-state index contributed by atoms with van der Waals surface area (Å²) in [4.78, 5) is 0. The number of halogens is 3. The predicted molar refractivity (Wildman–Crippen MR) is 113 cm³/mol. The molecule has 0 radical (unpaired) electrons. The summed E-state index contributed by atoms with van der Waals surface area (Å²) >= 11 is 0. The monoisotopic (exact) mass is 450 g/mol. The van der Waals surface area contributed by atoms with Crippen LogP contribution in [0.2, 0.25) is 0 Å². The molecule has 0 amide bonds. The number of aliphatic hydroxyl groups is 3. The zero-order valence-corrected chi connectivity index (χ0v) is 18.0. The van der Waals surface area contributed by atoms with Gasteiger partial charge in [-0.05, 0) is 59.9 Å². The van der Waals surface area contributed by atoms with Crippen LogP contribution in [0.25, 0.3) is 0 Å². The molecule has 1 saturated heterocycles.